The smallest absolute Gasteiger partial charge is 0.242 e. The fraction of sp³-hybridized carbons (Fsp3) is 0.500. The summed E-state index contributed by atoms with van der Waals surface area (Å²) in [6.45, 7) is 0.926. The Bertz CT molecular complexity index is 852. The number of likely N-dealkylation sites (N-methyl/N-ethyl adjacent to an activating group) is 1. The van der Waals surface area contributed by atoms with Crippen LogP contribution in [0.2, 0.25) is 0 Å². The van der Waals surface area contributed by atoms with Gasteiger partial charge in [-0.25, -0.2) is 21.2 Å². The van der Waals surface area contributed by atoms with Crippen molar-refractivity contribution in [3.8, 4) is 0 Å². The molecule has 0 atom stereocenters. The summed E-state index contributed by atoms with van der Waals surface area (Å²) < 4.78 is 62.8. The molecule has 0 saturated carbocycles. The maximum atomic E-state index is 13.6. The van der Waals surface area contributed by atoms with Gasteiger partial charge in [0.25, 0.3) is 0 Å². The number of carbonyl (C=O) groups is 1. The van der Waals surface area contributed by atoms with Crippen LogP contribution in [0.3, 0.4) is 0 Å². The van der Waals surface area contributed by atoms with Gasteiger partial charge in [0, 0.05) is 39.4 Å². The van der Waals surface area contributed by atoms with Gasteiger partial charge in [0.1, 0.15) is 10.7 Å². The van der Waals surface area contributed by atoms with E-state index in [1.807, 2.05) is 0 Å². The van der Waals surface area contributed by atoms with Crippen molar-refractivity contribution in [3.05, 3.63) is 24.0 Å². The number of rotatable bonds is 6. The van der Waals surface area contributed by atoms with Crippen LogP contribution < -0.4 is 0 Å². The molecule has 0 aromatic heterocycles. The maximum Gasteiger partial charge on any atom is 0.242 e. The number of benzene rings is 1. The maximum absolute atomic E-state index is 13.6. The Labute approximate surface area is 141 Å². The summed E-state index contributed by atoms with van der Waals surface area (Å²) >= 11 is 0. The van der Waals surface area contributed by atoms with Crippen LogP contribution in [0.4, 0.5) is 4.39 Å². The molecule has 1 aromatic carbocycles. The third kappa shape index (κ3) is 3.93. The monoisotopic (exact) mass is 378 g/mol. The molecule has 1 aliphatic rings. The minimum atomic E-state index is -3.98. The van der Waals surface area contributed by atoms with E-state index in [1.165, 1.54) is 7.05 Å². The molecule has 1 amide bonds. The summed E-state index contributed by atoms with van der Waals surface area (Å²) in [6.07, 6.45) is 2.03. The predicted octanol–water partition coefficient (Wildman–Crippen LogP) is 0.472. The summed E-state index contributed by atoms with van der Waals surface area (Å²) in [4.78, 5) is 12.2. The van der Waals surface area contributed by atoms with Crippen LogP contribution in [0.1, 0.15) is 12.8 Å². The standard InChI is InChI=1S/C14H19FN2O5S2/c1-16(8-9-17-7-3-4-14(17)18)24(21,22)11-5-6-12(15)13(10-11)23(2,19)20/h5-6,10H,3-4,7-9H2,1-2H3. The third-order valence-corrected chi connectivity index (χ3v) is 6.83. The second kappa shape index (κ2) is 6.77. The van der Waals surface area contributed by atoms with E-state index in [0.29, 0.717) is 13.0 Å². The highest BCUT2D eigenvalue weighted by Crippen LogP contribution is 2.22. The first-order valence-electron chi connectivity index (χ1n) is 7.27. The van der Waals surface area contributed by atoms with E-state index < -0.39 is 30.6 Å². The fourth-order valence-electron chi connectivity index (χ4n) is 2.43. The molecule has 1 saturated heterocycles. The minimum absolute atomic E-state index is 0.0121. The first-order valence-corrected chi connectivity index (χ1v) is 10.6. The van der Waals surface area contributed by atoms with Gasteiger partial charge in [0.2, 0.25) is 15.9 Å². The average Bonchev–Trinajstić information content (AvgIpc) is 2.89. The molecule has 0 radical (unpaired) electrons. The highest BCUT2D eigenvalue weighted by molar-refractivity contribution is 7.91. The molecule has 1 aromatic rings. The summed E-state index contributed by atoms with van der Waals surface area (Å²) in [5.41, 5.74) is 0. The Morgan fingerprint density at radius 1 is 1.25 bits per heavy atom. The SMILES string of the molecule is CN(CCN1CCCC1=O)S(=O)(=O)c1ccc(F)c(S(C)(=O)=O)c1. The van der Waals surface area contributed by atoms with Crippen molar-refractivity contribution in [2.75, 3.05) is 32.9 Å². The normalized spacial score (nSPS) is 16.2. The largest absolute Gasteiger partial charge is 0.341 e. The van der Waals surface area contributed by atoms with Gasteiger partial charge >= 0.3 is 0 Å². The van der Waals surface area contributed by atoms with Crippen LogP contribution in [0.15, 0.2) is 28.0 Å². The van der Waals surface area contributed by atoms with Crippen molar-refractivity contribution < 1.29 is 26.0 Å². The molecule has 0 unspecified atom stereocenters. The van der Waals surface area contributed by atoms with Crippen LogP contribution in [-0.4, -0.2) is 64.9 Å². The van der Waals surface area contributed by atoms with Gasteiger partial charge < -0.3 is 4.90 Å². The molecule has 0 spiro atoms. The van der Waals surface area contributed by atoms with Gasteiger partial charge in [0.05, 0.1) is 4.90 Å². The number of amides is 1. The van der Waals surface area contributed by atoms with Crippen LogP contribution in [0.25, 0.3) is 0 Å². The lowest BCUT2D eigenvalue weighted by molar-refractivity contribution is -0.127. The van der Waals surface area contributed by atoms with E-state index >= 15 is 0 Å². The third-order valence-electron chi connectivity index (χ3n) is 3.87. The quantitative estimate of drug-likeness (QED) is 0.718. The number of halogens is 1. The molecule has 10 heteroatoms. The number of sulfone groups is 1. The molecule has 7 nitrogen and oxygen atoms in total. The number of hydrogen-bond donors (Lipinski definition) is 0. The molecule has 24 heavy (non-hydrogen) atoms. The van der Waals surface area contributed by atoms with Gasteiger partial charge in [0.15, 0.2) is 9.84 Å². The van der Waals surface area contributed by atoms with Gasteiger partial charge in [-0.3, -0.25) is 4.79 Å². The van der Waals surface area contributed by atoms with Gasteiger partial charge in [-0.1, -0.05) is 0 Å². The topological polar surface area (TPSA) is 91.8 Å². The number of nitrogens with zero attached hydrogens (tertiary/aromatic N) is 2. The van der Waals surface area contributed by atoms with Crippen molar-refractivity contribution in [2.24, 2.45) is 0 Å². The van der Waals surface area contributed by atoms with Gasteiger partial charge in [-0.15, -0.1) is 0 Å². The highest BCUT2D eigenvalue weighted by Gasteiger charge is 2.26. The second-order valence-electron chi connectivity index (χ2n) is 5.68. The van der Waals surface area contributed by atoms with E-state index in [0.717, 1.165) is 35.2 Å². The Balaban J connectivity index is 2.21. The summed E-state index contributed by atoms with van der Waals surface area (Å²) in [6, 6.07) is 2.66. The van der Waals surface area contributed by atoms with Crippen molar-refractivity contribution in [1.29, 1.82) is 0 Å². The predicted molar refractivity (Wildman–Crippen MR) is 85.1 cm³/mol. The van der Waals surface area contributed by atoms with Crippen LogP contribution in [0.5, 0.6) is 0 Å². The van der Waals surface area contributed by atoms with Gasteiger partial charge in [-0.05, 0) is 24.6 Å². The zero-order valence-corrected chi connectivity index (χ0v) is 15.0. The summed E-state index contributed by atoms with van der Waals surface area (Å²) in [7, 11) is -6.54. The highest BCUT2D eigenvalue weighted by atomic mass is 32.2. The number of hydrogen-bond acceptors (Lipinski definition) is 5. The molecule has 2 rings (SSSR count). The molecular formula is C14H19FN2O5S2. The van der Waals surface area contributed by atoms with E-state index in [2.05, 4.69) is 0 Å². The van der Waals surface area contributed by atoms with Crippen molar-refractivity contribution >= 4 is 25.8 Å². The molecule has 0 N–H and O–H groups in total. The average molecular weight is 378 g/mol. The number of likely N-dealkylation sites (tertiary alicyclic amines) is 1. The molecular weight excluding hydrogens is 359 g/mol. The van der Waals surface area contributed by atoms with Crippen molar-refractivity contribution in [1.82, 2.24) is 9.21 Å². The molecule has 0 aliphatic carbocycles. The second-order valence-corrected chi connectivity index (χ2v) is 9.70. The Morgan fingerprint density at radius 3 is 2.46 bits per heavy atom. The lowest BCUT2D eigenvalue weighted by Crippen LogP contribution is -2.36. The van der Waals surface area contributed by atoms with Gasteiger partial charge in [-0.2, -0.15) is 4.31 Å². The number of carbonyl (C=O) groups excluding carboxylic acids is 1. The van der Waals surface area contributed by atoms with E-state index in [4.69, 9.17) is 0 Å². The van der Waals surface area contributed by atoms with Crippen LogP contribution in [0, 0.1) is 5.82 Å². The molecule has 1 fully saturated rings. The fourth-order valence-corrected chi connectivity index (χ4v) is 4.46. The minimum Gasteiger partial charge on any atom is -0.341 e. The lowest BCUT2D eigenvalue weighted by atomic mass is 10.3. The first-order chi connectivity index (χ1) is 11.0. The zero-order chi connectivity index (χ0) is 18.1. The Kier molecular flexibility index (Phi) is 5.31. The molecule has 1 aliphatic heterocycles. The van der Waals surface area contributed by atoms with Crippen molar-refractivity contribution in [2.45, 2.75) is 22.6 Å². The van der Waals surface area contributed by atoms with Crippen LogP contribution >= 0.6 is 0 Å². The zero-order valence-electron chi connectivity index (χ0n) is 13.4. The summed E-state index contributed by atoms with van der Waals surface area (Å²) in [5, 5.41) is 0. The van der Waals surface area contributed by atoms with Crippen molar-refractivity contribution in [3.63, 3.8) is 0 Å². The van der Waals surface area contributed by atoms with E-state index in [1.54, 1.807) is 4.90 Å². The number of sulfonamides is 1. The lowest BCUT2D eigenvalue weighted by Gasteiger charge is -2.21. The molecule has 0 bridgehead atoms. The summed E-state index contributed by atoms with van der Waals surface area (Å²) in [5.74, 6) is -1.01. The van der Waals surface area contributed by atoms with E-state index in [-0.39, 0.29) is 23.9 Å². The van der Waals surface area contributed by atoms with E-state index in [9.17, 15) is 26.0 Å². The Morgan fingerprint density at radius 2 is 1.92 bits per heavy atom. The first kappa shape index (κ1) is 18.8. The molecule has 1 heterocycles. The molecule has 134 valence electrons. The Hall–Kier alpha value is -1.52. The van der Waals surface area contributed by atoms with Crippen LogP contribution in [-0.2, 0) is 24.7 Å².